The van der Waals surface area contributed by atoms with Gasteiger partial charge in [0.2, 0.25) is 0 Å². The molecule has 0 bridgehead atoms. The Bertz CT molecular complexity index is 1240. The van der Waals surface area contributed by atoms with E-state index in [1.54, 1.807) is 55.6 Å². The predicted molar refractivity (Wildman–Crippen MR) is 165 cm³/mol. The number of methoxy groups -OCH3 is 2. The van der Waals surface area contributed by atoms with Crippen LogP contribution < -0.4 is 9.47 Å². The van der Waals surface area contributed by atoms with E-state index in [-0.39, 0.29) is 12.2 Å². The van der Waals surface area contributed by atoms with E-state index in [1.165, 1.54) is 19.2 Å². The summed E-state index contributed by atoms with van der Waals surface area (Å²) < 4.78 is 49.1. The molecule has 3 aromatic carbocycles. The van der Waals surface area contributed by atoms with Crippen molar-refractivity contribution < 1.29 is 37.3 Å². The summed E-state index contributed by atoms with van der Waals surface area (Å²) >= 11 is 0. The molecule has 0 saturated heterocycles. The SMILES string of the molecule is C=CC(=O)OC.C=CC(=O)OCCCCOc1ccc(-c2ccc(-c3ccc(OC)cc3)c(F)c2)c(F)c1.CC.CC. The molecule has 6 nitrogen and oxygen atoms in total. The van der Waals surface area contributed by atoms with E-state index in [0.717, 1.165) is 12.2 Å². The van der Waals surface area contributed by atoms with Crippen molar-refractivity contribution in [2.24, 2.45) is 0 Å². The Morgan fingerprint density at radius 2 is 1.19 bits per heavy atom. The quantitative estimate of drug-likeness (QED) is 0.128. The lowest BCUT2D eigenvalue weighted by Crippen LogP contribution is -2.04. The molecular weight excluding hydrogens is 542 g/mol. The van der Waals surface area contributed by atoms with Gasteiger partial charge in [0, 0.05) is 29.3 Å². The highest BCUT2D eigenvalue weighted by Crippen LogP contribution is 2.31. The van der Waals surface area contributed by atoms with Gasteiger partial charge < -0.3 is 18.9 Å². The van der Waals surface area contributed by atoms with Crippen LogP contribution in [0.2, 0.25) is 0 Å². The summed E-state index contributed by atoms with van der Waals surface area (Å²) in [5, 5.41) is 0. The van der Waals surface area contributed by atoms with Crippen molar-refractivity contribution >= 4 is 11.9 Å². The fourth-order valence-electron chi connectivity index (χ4n) is 3.22. The van der Waals surface area contributed by atoms with E-state index in [2.05, 4.69) is 17.9 Å². The third-order valence-electron chi connectivity index (χ3n) is 5.21. The van der Waals surface area contributed by atoms with Gasteiger partial charge in [-0.3, -0.25) is 0 Å². The zero-order chi connectivity index (χ0) is 31.9. The van der Waals surface area contributed by atoms with Gasteiger partial charge in [0.25, 0.3) is 0 Å². The van der Waals surface area contributed by atoms with Gasteiger partial charge in [-0.05, 0) is 54.3 Å². The van der Waals surface area contributed by atoms with Crippen LogP contribution >= 0.6 is 0 Å². The van der Waals surface area contributed by atoms with Crippen molar-refractivity contribution in [2.75, 3.05) is 27.4 Å². The van der Waals surface area contributed by atoms with E-state index in [9.17, 15) is 18.4 Å². The summed E-state index contributed by atoms with van der Waals surface area (Å²) in [7, 11) is 2.88. The molecule has 0 aliphatic carbocycles. The first-order valence-corrected chi connectivity index (χ1v) is 13.7. The molecule has 0 unspecified atom stereocenters. The average Bonchev–Trinajstić information content (AvgIpc) is 3.04. The average molecular weight is 585 g/mol. The maximum absolute atomic E-state index is 14.7. The molecule has 42 heavy (non-hydrogen) atoms. The number of carbonyl (C=O) groups is 2. The minimum absolute atomic E-state index is 0.277. The van der Waals surface area contributed by atoms with Crippen molar-refractivity contribution in [1.29, 1.82) is 0 Å². The minimum atomic E-state index is -0.501. The number of unbranched alkanes of at least 4 members (excludes halogenated alkanes) is 1. The van der Waals surface area contributed by atoms with Crippen LogP contribution in [0.3, 0.4) is 0 Å². The summed E-state index contributed by atoms with van der Waals surface area (Å²) in [6.45, 7) is 15.1. The summed E-state index contributed by atoms with van der Waals surface area (Å²) in [5.41, 5.74) is 1.86. The molecule has 0 atom stereocenters. The third-order valence-corrected chi connectivity index (χ3v) is 5.21. The van der Waals surface area contributed by atoms with Crippen LogP contribution in [0.25, 0.3) is 22.3 Å². The first-order valence-electron chi connectivity index (χ1n) is 13.7. The van der Waals surface area contributed by atoms with E-state index in [0.29, 0.717) is 47.6 Å². The van der Waals surface area contributed by atoms with Gasteiger partial charge in [0.1, 0.15) is 23.1 Å². The Labute approximate surface area is 248 Å². The molecule has 0 N–H and O–H groups in total. The van der Waals surface area contributed by atoms with Gasteiger partial charge in [-0.15, -0.1) is 0 Å². The molecule has 8 heteroatoms. The number of ether oxygens (including phenoxy) is 4. The normalized spacial score (nSPS) is 9.24. The molecule has 0 heterocycles. The van der Waals surface area contributed by atoms with Crippen molar-refractivity contribution in [3.8, 4) is 33.8 Å². The van der Waals surface area contributed by atoms with Crippen LogP contribution in [0, 0.1) is 11.6 Å². The van der Waals surface area contributed by atoms with Crippen LogP contribution in [0.4, 0.5) is 8.78 Å². The molecule has 0 saturated carbocycles. The fourth-order valence-corrected chi connectivity index (χ4v) is 3.22. The smallest absolute Gasteiger partial charge is 0.330 e. The Kier molecular flexibility index (Phi) is 19.9. The summed E-state index contributed by atoms with van der Waals surface area (Å²) in [6, 6.07) is 16.2. The third kappa shape index (κ3) is 13.3. The number of hydrogen-bond donors (Lipinski definition) is 0. The number of hydrogen-bond acceptors (Lipinski definition) is 6. The largest absolute Gasteiger partial charge is 0.497 e. The van der Waals surface area contributed by atoms with Crippen LogP contribution in [0.5, 0.6) is 11.5 Å². The Hall–Kier alpha value is -4.46. The topological polar surface area (TPSA) is 71.1 Å². The second-order valence-electron chi connectivity index (χ2n) is 7.72. The standard InChI is InChI=1S/C26H24F2O4.C4H6O2.2C2H6/c1-3-26(29)32-15-5-4-14-31-21-11-13-23(25(28)17-21)19-8-12-22(24(27)16-19)18-6-9-20(30-2)10-7-18;1-3-4(5)6-2;2*1-2/h3,6-13,16-17H,1,4-5,14-15H2,2H3;3H,1H2,2H3;2*1-2H3. The summed E-state index contributed by atoms with van der Waals surface area (Å²) in [5.74, 6) is -0.730. The lowest BCUT2D eigenvalue weighted by molar-refractivity contribution is -0.138. The second kappa shape index (κ2) is 22.3. The van der Waals surface area contributed by atoms with Gasteiger partial charge in [0.05, 0.1) is 27.4 Å². The number of halogens is 2. The van der Waals surface area contributed by atoms with Gasteiger partial charge >= 0.3 is 11.9 Å². The number of esters is 2. The summed E-state index contributed by atoms with van der Waals surface area (Å²) in [4.78, 5) is 20.8. The van der Waals surface area contributed by atoms with Crippen LogP contribution in [0.1, 0.15) is 40.5 Å². The number of rotatable bonds is 11. The van der Waals surface area contributed by atoms with Crippen molar-refractivity contribution in [2.45, 2.75) is 40.5 Å². The fraction of sp³-hybridized carbons (Fsp3) is 0.294. The highest BCUT2D eigenvalue weighted by molar-refractivity contribution is 5.81. The lowest BCUT2D eigenvalue weighted by Gasteiger charge is -2.11. The van der Waals surface area contributed by atoms with Crippen LogP contribution in [-0.4, -0.2) is 39.4 Å². The first kappa shape index (κ1) is 37.5. The van der Waals surface area contributed by atoms with Crippen molar-refractivity contribution in [3.05, 3.63) is 97.6 Å². The summed E-state index contributed by atoms with van der Waals surface area (Å²) in [6.07, 6.45) is 3.49. The molecule has 0 amide bonds. The number of carbonyl (C=O) groups excluding carboxylic acids is 2. The molecule has 0 radical (unpaired) electrons. The maximum Gasteiger partial charge on any atom is 0.330 e. The predicted octanol–water partition coefficient (Wildman–Crippen LogP) is 8.59. The molecule has 0 spiro atoms. The van der Waals surface area contributed by atoms with Crippen LogP contribution in [-0.2, 0) is 19.1 Å². The van der Waals surface area contributed by atoms with Gasteiger partial charge in [-0.2, -0.15) is 0 Å². The highest BCUT2D eigenvalue weighted by atomic mass is 19.1. The molecule has 228 valence electrons. The van der Waals surface area contributed by atoms with E-state index in [4.69, 9.17) is 14.2 Å². The molecule has 0 fully saturated rings. The molecular formula is C34H42F2O6. The van der Waals surface area contributed by atoms with Gasteiger partial charge in [-0.1, -0.05) is 65.1 Å². The molecule has 3 aromatic rings. The molecule has 0 aliphatic heterocycles. The van der Waals surface area contributed by atoms with Gasteiger partial charge in [-0.25, -0.2) is 18.4 Å². The maximum atomic E-state index is 14.7. The van der Waals surface area contributed by atoms with E-state index < -0.39 is 23.6 Å². The monoisotopic (exact) mass is 584 g/mol. The first-order chi connectivity index (χ1) is 20.3. The zero-order valence-corrected chi connectivity index (χ0v) is 25.4. The Morgan fingerprint density at radius 3 is 1.69 bits per heavy atom. The van der Waals surface area contributed by atoms with Crippen LogP contribution in [0.15, 0.2) is 86.0 Å². The number of benzene rings is 3. The van der Waals surface area contributed by atoms with Gasteiger partial charge in [0.15, 0.2) is 0 Å². The minimum Gasteiger partial charge on any atom is -0.497 e. The molecule has 0 aliphatic rings. The lowest BCUT2D eigenvalue weighted by atomic mass is 9.99. The van der Waals surface area contributed by atoms with Crippen molar-refractivity contribution in [3.63, 3.8) is 0 Å². The molecule has 0 aromatic heterocycles. The van der Waals surface area contributed by atoms with E-state index >= 15 is 0 Å². The second-order valence-corrected chi connectivity index (χ2v) is 7.72. The van der Waals surface area contributed by atoms with E-state index in [1.807, 2.05) is 27.7 Å². The highest BCUT2D eigenvalue weighted by Gasteiger charge is 2.12. The van der Waals surface area contributed by atoms with Crippen molar-refractivity contribution in [1.82, 2.24) is 0 Å². The Morgan fingerprint density at radius 1 is 0.690 bits per heavy atom. The molecule has 3 rings (SSSR count). The zero-order valence-electron chi connectivity index (χ0n) is 25.4. The Balaban J connectivity index is 0.00000147.